The maximum Gasteiger partial charge on any atom is 0.254 e. The van der Waals surface area contributed by atoms with E-state index in [1.54, 1.807) is 7.11 Å². The molecular formula is C15H17N3O2S. The molecule has 0 spiro atoms. The van der Waals surface area contributed by atoms with Crippen LogP contribution in [0.4, 0.5) is 0 Å². The van der Waals surface area contributed by atoms with Crippen molar-refractivity contribution in [2.45, 2.75) is 43.9 Å². The number of methoxy groups -OCH3 is 1. The number of ether oxygens (including phenoxy) is 1. The zero-order valence-corrected chi connectivity index (χ0v) is 12.7. The number of piperidine rings is 1. The largest absolute Gasteiger partial charge is 0.381 e. The molecule has 1 aromatic carbocycles. The van der Waals surface area contributed by atoms with Gasteiger partial charge in [0.05, 0.1) is 17.8 Å². The first-order chi connectivity index (χ1) is 10.3. The van der Waals surface area contributed by atoms with Gasteiger partial charge in [-0.15, -0.1) is 0 Å². The lowest BCUT2D eigenvalue weighted by Gasteiger charge is -2.38. The summed E-state index contributed by atoms with van der Waals surface area (Å²) in [6.07, 6.45) is 4.41. The predicted octanol–water partition coefficient (Wildman–Crippen LogP) is 2.47. The molecule has 6 heteroatoms. The van der Waals surface area contributed by atoms with Gasteiger partial charge in [-0.1, -0.05) is 0 Å². The molecule has 2 bridgehead atoms. The Hall–Kier alpha value is -1.53. The van der Waals surface area contributed by atoms with E-state index in [0.29, 0.717) is 18.2 Å². The van der Waals surface area contributed by atoms with Gasteiger partial charge < -0.3 is 9.64 Å². The molecule has 1 amide bonds. The minimum Gasteiger partial charge on any atom is -0.381 e. The molecule has 2 unspecified atom stereocenters. The topological polar surface area (TPSA) is 55.3 Å². The summed E-state index contributed by atoms with van der Waals surface area (Å²) in [5, 5.41) is 0. The number of rotatable bonds is 2. The number of carbonyl (C=O) groups excluding carboxylic acids is 1. The highest BCUT2D eigenvalue weighted by Crippen LogP contribution is 2.37. The molecule has 2 saturated heterocycles. The van der Waals surface area contributed by atoms with Crippen LogP contribution in [0.2, 0.25) is 0 Å². The monoisotopic (exact) mass is 303 g/mol. The van der Waals surface area contributed by atoms with Gasteiger partial charge in [-0.2, -0.15) is 8.75 Å². The van der Waals surface area contributed by atoms with E-state index in [1.165, 1.54) is 11.7 Å². The fourth-order valence-corrected chi connectivity index (χ4v) is 4.23. The summed E-state index contributed by atoms with van der Waals surface area (Å²) in [4.78, 5) is 14.9. The van der Waals surface area contributed by atoms with E-state index in [0.717, 1.165) is 42.3 Å². The lowest BCUT2D eigenvalue weighted by molar-refractivity contribution is 0.00823. The van der Waals surface area contributed by atoms with Gasteiger partial charge in [0.2, 0.25) is 0 Å². The van der Waals surface area contributed by atoms with Crippen molar-refractivity contribution in [1.29, 1.82) is 0 Å². The predicted molar refractivity (Wildman–Crippen MR) is 80.4 cm³/mol. The molecule has 2 fully saturated rings. The average molecular weight is 303 g/mol. The summed E-state index contributed by atoms with van der Waals surface area (Å²) in [6.45, 7) is 0. The molecule has 0 N–H and O–H groups in total. The number of amides is 1. The fraction of sp³-hybridized carbons (Fsp3) is 0.533. The Kier molecular flexibility index (Phi) is 3.15. The standard InChI is InChI=1S/C15H17N3O2S/c1-20-12-7-10-3-4-11(8-12)18(10)15(19)9-2-5-13-14(6-9)17-21-16-13/h2,5-6,10-12H,3-4,7-8H2,1H3. The van der Waals surface area contributed by atoms with Crippen molar-refractivity contribution in [3.63, 3.8) is 0 Å². The Morgan fingerprint density at radius 1 is 1.24 bits per heavy atom. The molecule has 2 atom stereocenters. The molecule has 2 aromatic rings. The summed E-state index contributed by atoms with van der Waals surface area (Å²) in [5.41, 5.74) is 2.39. The maximum absolute atomic E-state index is 12.9. The van der Waals surface area contributed by atoms with Gasteiger partial charge in [0, 0.05) is 24.8 Å². The van der Waals surface area contributed by atoms with Gasteiger partial charge in [-0.25, -0.2) is 0 Å². The van der Waals surface area contributed by atoms with Crippen molar-refractivity contribution < 1.29 is 9.53 Å². The summed E-state index contributed by atoms with van der Waals surface area (Å²) in [5.74, 6) is 0.131. The Labute approximate surface area is 127 Å². The molecule has 1 aromatic heterocycles. The number of benzene rings is 1. The molecule has 21 heavy (non-hydrogen) atoms. The summed E-state index contributed by atoms with van der Waals surface area (Å²) in [6, 6.07) is 6.27. The normalized spacial score (nSPS) is 28.2. The number of nitrogens with zero attached hydrogens (tertiary/aromatic N) is 3. The van der Waals surface area contributed by atoms with E-state index in [4.69, 9.17) is 4.74 Å². The molecule has 0 saturated carbocycles. The smallest absolute Gasteiger partial charge is 0.254 e. The summed E-state index contributed by atoms with van der Waals surface area (Å²) >= 11 is 1.18. The molecule has 0 aliphatic carbocycles. The number of hydrogen-bond acceptors (Lipinski definition) is 5. The minimum absolute atomic E-state index is 0.131. The van der Waals surface area contributed by atoms with Crippen LogP contribution in [0, 0.1) is 0 Å². The molecule has 110 valence electrons. The zero-order valence-electron chi connectivity index (χ0n) is 11.9. The number of hydrogen-bond donors (Lipinski definition) is 0. The van der Waals surface area contributed by atoms with E-state index >= 15 is 0 Å². The third-order valence-electron chi connectivity index (χ3n) is 4.76. The van der Waals surface area contributed by atoms with E-state index in [1.807, 2.05) is 18.2 Å². The Balaban J connectivity index is 1.62. The van der Waals surface area contributed by atoms with E-state index in [-0.39, 0.29) is 5.91 Å². The molecule has 2 aliphatic rings. The molecule has 5 nitrogen and oxygen atoms in total. The molecule has 3 heterocycles. The maximum atomic E-state index is 12.9. The molecular weight excluding hydrogens is 286 g/mol. The Bertz CT molecular complexity index is 672. The lowest BCUT2D eigenvalue weighted by atomic mass is 9.98. The second kappa shape index (κ2) is 5.03. The van der Waals surface area contributed by atoms with Gasteiger partial charge in [0.1, 0.15) is 11.0 Å². The summed E-state index contributed by atoms with van der Waals surface area (Å²) < 4.78 is 13.9. The van der Waals surface area contributed by atoms with Crippen molar-refractivity contribution in [3.05, 3.63) is 23.8 Å². The van der Waals surface area contributed by atoms with E-state index in [9.17, 15) is 4.79 Å². The highest BCUT2D eigenvalue weighted by atomic mass is 32.1. The van der Waals surface area contributed by atoms with Crippen LogP contribution in [-0.4, -0.2) is 44.9 Å². The van der Waals surface area contributed by atoms with Crippen molar-refractivity contribution >= 4 is 28.7 Å². The first kappa shape index (κ1) is 13.2. The van der Waals surface area contributed by atoms with Crippen molar-refractivity contribution in [3.8, 4) is 0 Å². The Morgan fingerprint density at radius 2 is 1.95 bits per heavy atom. The number of aromatic nitrogens is 2. The zero-order chi connectivity index (χ0) is 14.4. The first-order valence-electron chi connectivity index (χ1n) is 7.34. The highest BCUT2D eigenvalue weighted by Gasteiger charge is 2.43. The van der Waals surface area contributed by atoms with Crippen LogP contribution >= 0.6 is 11.7 Å². The second-order valence-electron chi connectivity index (χ2n) is 5.89. The summed E-state index contributed by atoms with van der Waals surface area (Å²) in [7, 11) is 1.77. The van der Waals surface area contributed by atoms with Crippen LogP contribution in [0.3, 0.4) is 0 Å². The van der Waals surface area contributed by atoms with Crippen molar-refractivity contribution in [2.24, 2.45) is 0 Å². The molecule has 4 rings (SSSR count). The molecule has 2 aliphatic heterocycles. The average Bonchev–Trinajstić information content (AvgIpc) is 3.08. The SMILES string of the molecule is COC1CC2CCC(C1)N2C(=O)c1ccc2nsnc2c1. The minimum atomic E-state index is 0.131. The molecule has 0 radical (unpaired) electrons. The van der Waals surface area contributed by atoms with Crippen LogP contribution in [0.25, 0.3) is 11.0 Å². The van der Waals surface area contributed by atoms with Gasteiger partial charge in [-0.05, 0) is 43.9 Å². The quantitative estimate of drug-likeness (QED) is 0.855. The fourth-order valence-electron chi connectivity index (χ4n) is 3.72. The van der Waals surface area contributed by atoms with Gasteiger partial charge in [0.15, 0.2) is 0 Å². The van der Waals surface area contributed by atoms with Crippen LogP contribution in [-0.2, 0) is 4.74 Å². The first-order valence-corrected chi connectivity index (χ1v) is 8.07. The lowest BCUT2D eigenvalue weighted by Crippen LogP contribution is -2.48. The number of carbonyl (C=O) groups is 1. The third-order valence-corrected chi connectivity index (χ3v) is 5.32. The van der Waals surface area contributed by atoms with Crippen LogP contribution in [0.1, 0.15) is 36.0 Å². The van der Waals surface area contributed by atoms with Crippen molar-refractivity contribution in [1.82, 2.24) is 13.6 Å². The second-order valence-corrected chi connectivity index (χ2v) is 6.42. The van der Waals surface area contributed by atoms with Gasteiger partial charge >= 0.3 is 0 Å². The van der Waals surface area contributed by atoms with Gasteiger partial charge in [-0.3, -0.25) is 4.79 Å². The van der Waals surface area contributed by atoms with Crippen molar-refractivity contribution in [2.75, 3.05) is 7.11 Å². The van der Waals surface area contributed by atoms with E-state index < -0.39 is 0 Å². The van der Waals surface area contributed by atoms with Crippen LogP contribution in [0.15, 0.2) is 18.2 Å². The van der Waals surface area contributed by atoms with Crippen LogP contribution in [0.5, 0.6) is 0 Å². The van der Waals surface area contributed by atoms with Gasteiger partial charge in [0.25, 0.3) is 5.91 Å². The highest BCUT2D eigenvalue weighted by molar-refractivity contribution is 7.00. The number of fused-ring (bicyclic) bond motifs is 3. The third kappa shape index (κ3) is 2.13. The van der Waals surface area contributed by atoms with E-state index in [2.05, 4.69) is 13.6 Å². The Morgan fingerprint density at radius 3 is 2.67 bits per heavy atom. The van der Waals surface area contributed by atoms with Crippen LogP contribution < -0.4 is 0 Å².